The number of carbonyl (C=O) groups is 2. The first-order valence-corrected chi connectivity index (χ1v) is 10.4. The van der Waals surface area contributed by atoms with E-state index in [0.717, 1.165) is 22.8 Å². The third-order valence-electron chi connectivity index (χ3n) is 2.90. The zero-order valence-electron chi connectivity index (χ0n) is 13.2. The average Bonchev–Trinajstić information content (AvgIpc) is 2.48. The fourth-order valence-electron chi connectivity index (χ4n) is 1.87. The Morgan fingerprint density at radius 3 is 2.46 bits per heavy atom. The normalized spacial score (nSPS) is 11.9. The van der Waals surface area contributed by atoms with Crippen LogP contribution in [0.4, 0.5) is 5.69 Å². The van der Waals surface area contributed by atoms with Crippen molar-refractivity contribution in [2.24, 2.45) is 0 Å². The topological polar surface area (TPSA) is 84.9 Å². The highest BCUT2D eigenvalue weighted by Crippen LogP contribution is 2.36. The number of carbonyl (C=O) groups excluding carboxylic acids is 1. The number of hydrogen-bond donors (Lipinski definition) is 2. The summed E-state index contributed by atoms with van der Waals surface area (Å²) < 4.78 is 13.8. The van der Waals surface area contributed by atoms with E-state index in [0.29, 0.717) is 12.2 Å². The molecule has 1 unspecified atom stereocenters. The minimum atomic E-state index is -0.955. The van der Waals surface area contributed by atoms with Gasteiger partial charge in [-0.1, -0.05) is 13.3 Å². The Hall–Kier alpha value is 0.110. The average molecular weight is 673 g/mol. The first-order chi connectivity index (χ1) is 11.3. The van der Waals surface area contributed by atoms with Crippen molar-refractivity contribution in [3.05, 3.63) is 16.8 Å². The quantitative estimate of drug-likeness (QED) is 0.305. The summed E-state index contributed by atoms with van der Waals surface area (Å²) in [5.41, 5.74) is 0.717. The third kappa shape index (κ3) is 6.78. The smallest absolute Gasteiger partial charge is 0.332 e. The number of ether oxygens (including phenoxy) is 2. The summed E-state index contributed by atoms with van der Waals surface area (Å²) >= 11 is 6.46. The van der Waals surface area contributed by atoms with Crippen LogP contribution in [0.3, 0.4) is 0 Å². The van der Waals surface area contributed by atoms with Crippen LogP contribution in [0.15, 0.2) is 6.07 Å². The predicted molar refractivity (Wildman–Crippen MR) is 117 cm³/mol. The minimum absolute atomic E-state index is 0.148. The largest absolute Gasteiger partial charge is 0.489 e. The summed E-state index contributed by atoms with van der Waals surface area (Å²) in [5.74, 6) is -0.445. The zero-order valence-corrected chi connectivity index (χ0v) is 19.7. The Bertz CT molecular complexity index is 609. The number of aliphatic carboxylic acids is 1. The van der Waals surface area contributed by atoms with Gasteiger partial charge in [-0.05, 0) is 80.3 Å². The highest BCUT2D eigenvalue weighted by atomic mass is 127. The van der Waals surface area contributed by atoms with Gasteiger partial charge < -0.3 is 19.9 Å². The van der Waals surface area contributed by atoms with Gasteiger partial charge in [-0.15, -0.1) is 0 Å². The molecule has 0 aliphatic carbocycles. The summed E-state index contributed by atoms with van der Waals surface area (Å²) in [6.07, 6.45) is 0.411. The van der Waals surface area contributed by atoms with Crippen molar-refractivity contribution < 1.29 is 24.2 Å². The molecule has 0 saturated carbocycles. The maximum atomic E-state index is 11.3. The number of hydrogen-bond acceptors (Lipinski definition) is 4. The van der Waals surface area contributed by atoms with E-state index in [1.54, 1.807) is 0 Å². The molecular formula is C15H18I3NO5. The van der Waals surface area contributed by atoms with E-state index in [2.05, 4.69) is 73.1 Å². The number of amides is 1. The molecule has 9 heteroatoms. The van der Waals surface area contributed by atoms with Gasteiger partial charge in [-0.25, -0.2) is 4.79 Å². The molecule has 0 aliphatic rings. The summed E-state index contributed by atoms with van der Waals surface area (Å²) in [7, 11) is 0. The summed E-state index contributed by atoms with van der Waals surface area (Å²) in [5, 5.41) is 11.9. The first-order valence-electron chi connectivity index (χ1n) is 7.20. The lowest BCUT2D eigenvalue weighted by Gasteiger charge is -2.17. The molecule has 0 spiro atoms. The molecule has 2 N–H and O–H groups in total. The number of nitrogens with one attached hydrogen (secondary N) is 1. The Morgan fingerprint density at radius 2 is 1.92 bits per heavy atom. The van der Waals surface area contributed by atoms with Crippen LogP contribution in [0.25, 0.3) is 0 Å². The van der Waals surface area contributed by atoms with Crippen molar-refractivity contribution in [1.82, 2.24) is 0 Å². The highest BCUT2D eigenvalue weighted by Gasteiger charge is 2.18. The molecule has 0 bridgehead atoms. The summed E-state index contributed by atoms with van der Waals surface area (Å²) in [6.45, 7) is 3.79. The van der Waals surface area contributed by atoms with Crippen LogP contribution in [-0.4, -0.2) is 36.3 Å². The van der Waals surface area contributed by atoms with Crippen LogP contribution >= 0.6 is 67.8 Å². The number of rotatable bonds is 9. The third-order valence-corrected chi connectivity index (χ3v) is 5.59. The molecule has 6 nitrogen and oxygen atoms in total. The second-order valence-corrected chi connectivity index (χ2v) is 8.28. The molecule has 1 atom stereocenters. The number of benzene rings is 1. The van der Waals surface area contributed by atoms with Crippen molar-refractivity contribution in [2.45, 2.75) is 32.8 Å². The Labute approximate surface area is 181 Å². The lowest BCUT2D eigenvalue weighted by Crippen LogP contribution is -2.26. The Morgan fingerprint density at radius 1 is 1.25 bits per heavy atom. The standard InChI is InChI=1S/C15H18I3NO5/c1-3-4-11(15(21)22)23-5-6-24-14-10(17)7-9(16)13(12(14)18)19-8(2)20/h7,11H,3-6H2,1-2H3,(H,19,20)(H,21,22). The van der Waals surface area contributed by atoms with Crippen molar-refractivity contribution in [1.29, 1.82) is 0 Å². The van der Waals surface area contributed by atoms with Gasteiger partial charge in [-0.2, -0.15) is 0 Å². The first kappa shape index (κ1) is 22.2. The van der Waals surface area contributed by atoms with Gasteiger partial charge in [0.1, 0.15) is 12.4 Å². The Kier molecular flexibility index (Phi) is 10.1. The molecule has 0 radical (unpaired) electrons. The van der Waals surface area contributed by atoms with Gasteiger partial charge in [0.2, 0.25) is 5.91 Å². The van der Waals surface area contributed by atoms with Gasteiger partial charge >= 0.3 is 5.97 Å². The van der Waals surface area contributed by atoms with Crippen molar-refractivity contribution in [3.63, 3.8) is 0 Å². The molecule has 1 rings (SSSR count). The molecular weight excluding hydrogens is 655 g/mol. The van der Waals surface area contributed by atoms with Crippen LogP contribution in [0.1, 0.15) is 26.7 Å². The molecule has 0 fully saturated rings. The van der Waals surface area contributed by atoms with Gasteiger partial charge in [0.25, 0.3) is 0 Å². The van der Waals surface area contributed by atoms with E-state index in [1.807, 2.05) is 13.0 Å². The molecule has 1 aromatic rings. The Balaban J connectivity index is 2.74. The predicted octanol–water partition coefficient (Wildman–Crippen LogP) is 4.11. The van der Waals surface area contributed by atoms with Gasteiger partial charge in [-0.3, -0.25) is 4.79 Å². The van der Waals surface area contributed by atoms with Crippen LogP contribution in [0.2, 0.25) is 0 Å². The van der Waals surface area contributed by atoms with Gasteiger partial charge in [0.15, 0.2) is 6.10 Å². The molecule has 0 heterocycles. The van der Waals surface area contributed by atoms with Crippen LogP contribution < -0.4 is 10.1 Å². The maximum absolute atomic E-state index is 11.3. The number of carboxylic acids is 1. The lowest BCUT2D eigenvalue weighted by molar-refractivity contribution is -0.151. The number of anilines is 1. The summed E-state index contributed by atoms with van der Waals surface area (Å²) in [4.78, 5) is 22.4. The van der Waals surface area contributed by atoms with E-state index in [-0.39, 0.29) is 19.1 Å². The fourth-order valence-corrected chi connectivity index (χ4v) is 5.82. The van der Waals surface area contributed by atoms with Crippen molar-refractivity contribution >= 4 is 85.3 Å². The van der Waals surface area contributed by atoms with Crippen LogP contribution in [0.5, 0.6) is 5.75 Å². The molecule has 0 aromatic heterocycles. The second-order valence-electron chi connectivity index (χ2n) is 4.87. The lowest BCUT2D eigenvalue weighted by atomic mass is 10.2. The maximum Gasteiger partial charge on any atom is 0.332 e. The number of carboxylic acid groups (broad SMARTS) is 1. The number of halogens is 3. The molecule has 24 heavy (non-hydrogen) atoms. The highest BCUT2D eigenvalue weighted by molar-refractivity contribution is 14.1. The van der Waals surface area contributed by atoms with Gasteiger partial charge in [0.05, 0.1) is 19.4 Å². The van der Waals surface area contributed by atoms with E-state index in [1.165, 1.54) is 6.92 Å². The van der Waals surface area contributed by atoms with Crippen LogP contribution in [-0.2, 0) is 14.3 Å². The van der Waals surface area contributed by atoms with Crippen molar-refractivity contribution in [3.8, 4) is 5.75 Å². The molecule has 0 saturated heterocycles. The van der Waals surface area contributed by atoms with E-state index >= 15 is 0 Å². The monoisotopic (exact) mass is 673 g/mol. The summed E-state index contributed by atoms with van der Waals surface area (Å²) in [6, 6.07) is 1.92. The SMILES string of the molecule is CCCC(OCCOc1c(I)cc(I)c(NC(C)=O)c1I)C(=O)O. The van der Waals surface area contributed by atoms with E-state index in [9.17, 15) is 9.59 Å². The van der Waals surface area contributed by atoms with E-state index < -0.39 is 12.1 Å². The molecule has 1 amide bonds. The molecule has 134 valence electrons. The molecule has 0 aliphatic heterocycles. The minimum Gasteiger partial charge on any atom is -0.489 e. The van der Waals surface area contributed by atoms with Crippen LogP contribution in [0, 0.1) is 10.7 Å². The van der Waals surface area contributed by atoms with Crippen molar-refractivity contribution in [2.75, 3.05) is 18.5 Å². The second kappa shape index (κ2) is 11.0. The van der Waals surface area contributed by atoms with Gasteiger partial charge in [0, 0.05) is 10.5 Å². The van der Waals surface area contributed by atoms with E-state index in [4.69, 9.17) is 14.6 Å². The molecule has 1 aromatic carbocycles. The fraction of sp³-hybridized carbons (Fsp3) is 0.467. The zero-order chi connectivity index (χ0) is 18.3.